The van der Waals surface area contributed by atoms with Gasteiger partial charge in [0.25, 0.3) is 0 Å². The normalized spacial score (nSPS) is 23.8. The van der Waals surface area contributed by atoms with Crippen LogP contribution in [0.15, 0.2) is 0 Å². The largest absolute Gasteiger partial charge is 0.315 e. The van der Waals surface area contributed by atoms with Gasteiger partial charge in [-0.3, -0.25) is 4.90 Å². The van der Waals surface area contributed by atoms with Gasteiger partial charge in [0.15, 0.2) is 0 Å². The van der Waals surface area contributed by atoms with Crippen LogP contribution in [-0.2, 0) is 0 Å². The van der Waals surface area contributed by atoms with Gasteiger partial charge in [-0.2, -0.15) is 0 Å². The summed E-state index contributed by atoms with van der Waals surface area (Å²) in [4.78, 5) is 2.79. The monoisotopic (exact) mass is 238 g/mol. The van der Waals surface area contributed by atoms with E-state index in [1.165, 1.54) is 51.6 Å². The maximum atomic E-state index is 3.55. The molecule has 2 aliphatic rings. The SMILES string of the molecule is CNC(CN(CC(C)C)C1CCCC1)C1CC1. The van der Waals surface area contributed by atoms with Crippen molar-refractivity contribution < 1.29 is 0 Å². The Bertz CT molecular complexity index is 217. The number of likely N-dealkylation sites (N-methyl/N-ethyl adjacent to an activating group) is 1. The molecule has 1 N–H and O–H groups in total. The number of nitrogens with zero attached hydrogens (tertiary/aromatic N) is 1. The highest BCUT2D eigenvalue weighted by Gasteiger charge is 2.33. The summed E-state index contributed by atoms with van der Waals surface area (Å²) in [5, 5.41) is 3.55. The summed E-state index contributed by atoms with van der Waals surface area (Å²) in [6.07, 6.45) is 8.68. The van der Waals surface area contributed by atoms with Crippen molar-refractivity contribution in [3.63, 3.8) is 0 Å². The van der Waals surface area contributed by atoms with Gasteiger partial charge in [-0.25, -0.2) is 0 Å². The second kappa shape index (κ2) is 6.19. The molecule has 0 aromatic carbocycles. The molecule has 2 nitrogen and oxygen atoms in total. The molecular formula is C15H30N2. The first kappa shape index (κ1) is 13.4. The Morgan fingerprint density at radius 1 is 1.06 bits per heavy atom. The van der Waals surface area contributed by atoms with Gasteiger partial charge in [0, 0.05) is 25.2 Å². The van der Waals surface area contributed by atoms with Crippen molar-refractivity contribution in [2.75, 3.05) is 20.1 Å². The van der Waals surface area contributed by atoms with Gasteiger partial charge in [0.05, 0.1) is 0 Å². The van der Waals surface area contributed by atoms with Gasteiger partial charge in [-0.05, 0) is 44.6 Å². The Morgan fingerprint density at radius 2 is 1.71 bits per heavy atom. The van der Waals surface area contributed by atoms with E-state index in [2.05, 4.69) is 31.1 Å². The molecule has 2 heteroatoms. The lowest BCUT2D eigenvalue weighted by Crippen LogP contribution is -2.46. The number of rotatable bonds is 7. The summed E-state index contributed by atoms with van der Waals surface area (Å²) in [5.74, 6) is 1.77. The fourth-order valence-corrected chi connectivity index (χ4v) is 3.34. The number of nitrogens with one attached hydrogen (secondary N) is 1. The zero-order chi connectivity index (χ0) is 12.3. The molecule has 0 bridgehead atoms. The van der Waals surface area contributed by atoms with E-state index >= 15 is 0 Å². The van der Waals surface area contributed by atoms with Crippen LogP contribution >= 0.6 is 0 Å². The summed E-state index contributed by atoms with van der Waals surface area (Å²) in [5.41, 5.74) is 0. The molecular weight excluding hydrogens is 208 g/mol. The van der Waals surface area contributed by atoms with Crippen molar-refractivity contribution in [3.8, 4) is 0 Å². The zero-order valence-electron chi connectivity index (χ0n) is 11.9. The molecule has 2 saturated carbocycles. The van der Waals surface area contributed by atoms with E-state index in [1.54, 1.807) is 0 Å². The van der Waals surface area contributed by atoms with E-state index in [4.69, 9.17) is 0 Å². The van der Waals surface area contributed by atoms with E-state index in [0.717, 1.165) is 23.9 Å². The van der Waals surface area contributed by atoms with Crippen molar-refractivity contribution in [2.45, 2.75) is 64.5 Å². The molecule has 2 fully saturated rings. The van der Waals surface area contributed by atoms with E-state index in [0.29, 0.717) is 0 Å². The van der Waals surface area contributed by atoms with Crippen LogP contribution in [0.1, 0.15) is 52.4 Å². The van der Waals surface area contributed by atoms with Crippen molar-refractivity contribution in [1.82, 2.24) is 10.2 Å². The molecule has 0 heterocycles. The van der Waals surface area contributed by atoms with Crippen molar-refractivity contribution in [1.29, 1.82) is 0 Å². The molecule has 1 unspecified atom stereocenters. The van der Waals surface area contributed by atoms with Gasteiger partial charge in [-0.15, -0.1) is 0 Å². The number of hydrogen-bond acceptors (Lipinski definition) is 2. The first-order chi connectivity index (χ1) is 8.20. The maximum Gasteiger partial charge on any atom is 0.0220 e. The summed E-state index contributed by atoms with van der Waals surface area (Å²) in [6.45, 7) is 7.28. The lowest BCUT2D eigenvalue weighted by atomic mass is 10.1. The van der Waals surface area contributed by atoms with Crippen molar-refractivity contribution >= 4 is 0 Å². The lowest BCUT2D eigenvalue weighted by Gasteiger charge is -2.33. The molecule has 17 heavy (non-hydrogen) atoms. The number of hydrogen-bond donors (Lipinski definition) is 1. The highest BCUT2D eigenvalue weighted by molar-refractivity contribution is 4.90. The predicted octanol–water partition coefficient (Wildman–Crippen LogP) is 2.89. The van der Waals surface area contributed by atoms with Crippen LogP contribution < -0.4 is 5.32 Å². The average Bonchev–Trinajstić information content (AvgIpc) is 2.98. The van der Waals surface area contributed by atoms with Crippen LogP contribution in [0, 0.1) is 11.8 Å². The second-order valence-electron chi connectivity index (χ2n) is 6.52. The summed E-state index contributed by atoms with van der Waals surface area (Å²) in [7, 11) is 2.14. The fraction of sp³-hybridized carbons (Fsp3) is 1.00. The first-order valence-corrected chi connectivity index (χ1v) is 7.62. The van der Waals surface area contributed by atoms with Crippen LogP contribution in [-0.4, -0.2) is 37.1 Å². The molecule has 0 aromatic heterocycles. The topological polar surface area (TPSA) is 15.3 Å². The standard InChI is InChI=1S/C15H30N2/c1-12(2)10-17(14-6-4-5-7-14)11-15(16-3)13-8-9-13/h12-16H,4-11H2,1-3H3. The molecule has 0 aromatic rings. The van der Waals surface area contributed by atoms with Gasteiger partial charge in [0.1, 0.15) is 0 Å². The quantitative estimate of drug-likeness (QED) is 0.733. The van der Waals surface area contributed by atoms with Gasteiger partial charge in [0.2, 0.25) is 0 Å². The van der Waals surface area contributed by atoms with Crippen LogP contribution in [0.3, 0.4) is 0 Å². The predicted molar refractivity (Wildman–Crippen MR) is 74.2 cm³/mol. The average molecular weight is 238 g/mol. The van der Waals surface area contributed by atoms with Crippen LogP contribution in [0.25, 0.3) is 0 Å². The van der Waals surface area contributed by atoms with E-state index < -0.39 is 0 Å². The molecule has 0 aliphatic heterocycles. The third-order valence-electron chi connectivity index (χ3n) is 4.43. The molecule has 0 saturated heterocycles. The van der Waals surface area contributed by atoms with Crippen LogP contribution in [0.4, 0.5) is 0 Å². The molecule has 2 rings (SSSR count). The minimum atomic E-state index is 0.745. The summed E-state index contributed by atoms with van der Waals surface area (Å²) < 4.78 is 0. The minimum absolute atomic E-state index is 0.745. The zero-order valence-corrected chi connectivity index (χ0v) is 11.9. The van der Waals surface area contributed by atoms with E-state index in [-0.39, 0.29) is 0 Å². The van der Waals surface area contributed by atoms with Crippen LogP contribution in [0.2, 0.25) is 0 Å². The third kappa shape index (κ3) is 3.96. The molecule has 0 amide bonds. The highest BCUT2D eigenvalue weighted by atomic mass is 15.2. The Labute approximate surface area is 107 Å². The van der Waals surface area contributed by atoms with Gasteiger partial charge in [-0.1, -0.05) is 26.7 Å². The van der Waals surface area contributed by atoms with Crippen molar-refractivity contribution in [2.24, 2.45) is 11.8 Å². The Balaban J connectivity index is 1.88. The lowest BCUT2D eigenvalue weighted by molar-refractivity contribution is 0.155. The first-order valence-electron chi connectivity index (χ1n) is 7.62. The smallest absolute Gasteiger partial charge is 0.0220 e. The van der Waals surface area contributed by atoms with Crippen LogP contribution in [0.5, 0.6) is 0 Å². The van der Waals surface area contributed by atoms with Gasteiger partial charge < -0.3 is 5.32 Å². The maximum absolute atomic E-state index is 3.55. The molecule has 0 spiro atoms. The third-order valence-corrected chi connectivity index (χ3v) is 4.43. The summed E-state index contributed by atoms with van der Waals surface area (Å²) >= 11 is 0. The molecule has 1 atom stereocenters. The minimum Gasteiger partial charge on any atom is -0.315 e. The summed E-state index contributed by atoms with van der Waals surface area (Å²) in [6, 6.07) is 1.63. The fourth-order valence-electron chi connectivity index (χ4n) is 3.34. The molecule has 0 radical (unpaired) electrons. The molecule has 100 valence electrons. The van der Waals surface area contributed by atoms with Crippen molar-refractivity contribution in [3.05, 3.63) is 0 Å². The Morgan fingerprint density at radius 3 is 2.18 bits per heavy atom. The van der Waals surface area contributed by atoms with E-state index in [1.807, 2.05) is 0 Å². The van der Waals surface area contributed by atoms with Gasteiger partial charge >= 0.3 is 0 Å². The Kier molecular flexibility index (Phi) is 4.87. The van der Waals surface area contributed by atoms with E-state index in [9.17, 15) is 0 Å². The highest BCUT2D eigenvalue weighted by Crippen LogP contribution is 2.34. The second-order valence-corrected chi connectivity index (χ2v) is 6.52. The molecule has 2 aliphatic carbocycles. The Hall–Kier alpha value is -0.0800.